The van der Waals surface area contributed by atoms with E-state index in [1.54, 1.807) is 19.8 Å². The lowest BCUT2D eigenvalue weighted by molar-refractivity contribution is -0.191. The van der Waals surface area contributed by atoms with Gasteiger partial charge in [-0.1, -0.05) is 29.8 Å². The van der Waals surface area contributed by atoms with Gasteiger partial charge in [-0.05, 0) is 37.3 Å². The normalized spacial score (nSPS) is 34.9. The van der Waals surface area contributed by atoms with Crippen LogP contribution in [0, 0.1) is 11.8 Å². The van der Waals surface area contributed by atoms with Crippen LogP contribution in [0.4, 0.5) is 0 Å². The number of allylic oxidation sites excluding steroid dienone is 1. The van der Waals surface area contributed by atoms with Crippen molar-refractivity contribution in [1.29, 1.82) is 0 Å². The van der Waals surface area contributed by atoms with Crippen molar-refractivity contribution in [2.24, 2.45) is 11.8 Å². The van der Waals surface area contributed by atoms with Crippen LogP contribution in [0.5, 0.6) is 0 Å². The van der Waals surface area contributed by atoms with Gasteiger partial charge in [0, 0.05) is 49.3 Å². The second-order valence-electron chi connectivity index (χ2n) is 7.65. The third kappa shape index (κ3) is 2.05. The Kier molecular flexibility index (Phi) is 3.56. The molecule has 132 valence electrons. The Morgan fingerprint density at radius 1 is 1.24 bits per heavy atom. The molecule has 25 heavy (non-hydrogen) atoms. The number of benzene rings is 1. The van der Waals surface area contributed by atoms with Crippen molar-refractivity contribution in [2.75, 3.05) is 20.8 Å². The van der Waals surface area contributed by atoms with E-state index < -0.39 is 0 Å². The van der Waals surface area contributed by atoms with E-state index in [1.165, 1.54) is 22.2 Å². The minimum absolute atomic E-state index is 0.138. The molecule has 0 radical (unpaired) electrons. The van der Waals surface area contributed by atoms with Gasteiger partial charge in [0.15, 0.2) is 6.29 Å². The highest BCUT2D eigenvalue weighted by atomic mass is 16.7. The molecule has 0 spiro atoms. The van der Waals surface area contributed by atoms with Gasteiger partial charge < -0.3 is 14.5 Å². The average Bonchev–Trinajstić information content (AvgIpc) is 3.03. The first-order chi connectivity index (χ1) is 12.3. The molecule has 3 fully saturated rings. The van der Waals surface area contributed by atoms with Crippen LogP contribution < -0.4 is 0 Å². The van der Waals surface area contributed by atoms with Crippen LogP contribution >= 0.6 is 0 Å². The summed E-state index contributed by atoms with van der Waals surface area (Å²) in [5.41, 5.74) is 5.79. The molecule has 6 rings (SSSR count). The Bertz CT molecular complexity index is 836. The second-order valence-corrected chi connectivity index (χ2v) is 7.65. The highest BCUT2D eigenvalue weighted by Gasteiger charge is 2.55. The number of rotatable bonds is 3. The third-order valence-electron chi connectivity index (χ3n) is 6.80. The van der Waals surface area contributed by atoms with E-state index in [2.05, 4.69) is 47.1 Å². The molecule has 2 aromatic rings. The molecule has 1 aromatic heterocycles. The number of ether oxygens (including phenoxy) is 2. The van der Waals surface area contributed by atoms with E-state index in [-0.39, 0.29) is 6.29 Å². The summed E-state index contributed by atoms with van der Waals surface area (Å²) in [5.74, 6) is 0.947. The summed E-state index contributed by atoms with van der Waals surface area (Å²) < 4.78 is 11.5. The molecule has 4 aliphatic heterocycles. The molecule has 4 bridgehead atoms. The number of piperidine rings is 3. The first-order valence-corrected chi connectivity index (χ1v) is 9.32. The Balaban J connectivity index is 1.65. The number of methoxy groups -OCH3 is 2. The van der Waals surface area contributed by atoms with Gasteiger partial charge >= 0.3 is 0 Å². The predicted octanol–water partition coefficient (Wildman–Crippen LogP) is 3.65. The third-order valence-corrected chi connectivity index (χ3v) is 6.80. The highest BCUT2D eigenvalue weighted by Crippen LogP contribution is 2.55. The molecule has 4 aliphatic rings. The molecule has 5 heterocycles. The Morgan fingerprint density at radius 3 is 2.80 bits per heavy atom. The van der Waals surface area contributed by atoms with Gasteiger partial charge in [0.2, 0.25) is 0 Å². The molecule has 3 saturated heterocycles. The van der Waals surface area contributed by atoms with E-state index in [0.717, 1.165) is 19.4 Å². The zero-order valence-corrected chi connectivity index (χ0v) is 15.2. The van der Waals surface area contributed by atoms with Crippen LogP contribution in [-0.4, -0.2) is 43.0 Å². The molecule has 1 N–H and O–H groups in total. The Morgan fingerprint density at radius 2 is 2.04 bits per heavy atom. The number of hydrogen-bond donors (Lipinski definition) is 1. The topological polar surface area (TPSA) is 37.5 Å². The lowest BCUT2D eigenvalue weighted by Crippen LogP contribution is -2.63. The molecule has 4 nitrogen and oxygen atoms in total. The fourth-order valence-corrected chi connectivity index (χ4v) is 5.77. The SMILES string of the molecule is CC=C1CN2C3CC1C(C(OC)OC)C2Cc1c3[nH]c2ccccc12. The van der Waals surface area contributed by atoms with Crippen LogP contribution in [0.25, 0.3) is 10.9 Å². The molecular weight excluding hydrogens is 312 g/mol. The van der Waals surface area contributed by atoms with Crippen molar-refractivity contribution in [1.82, 2.24) is 9.88 Å². The average molecular weight is 338 g/mol. The van der Waals surface area contributed by atoms with Gasteiger partial charge in [-0.15, -0.1) is 0 Å². The number of H-pyrrole nitrogens is 1. The van der Waals surface area contributed by atoms with E-state index in [4.69, 9.17) is 9.47 Å². The fourth-order valence-electron chi connectivity index (χ4n) is 5.77. The monoisotopic (exact) mass is 338 g/mol. The number of aromatic amines is 1. The molecule has 0 aliphatic carbocycles. The predicted molar refractivity (Wildman–Crippen MR) is 98.4 cm³/mol. The van der Waals surface area contributed by atoms with E-state index in [0.29, 0.717) is 23.9 Å². The van der Waals surface area contributed by atoms with E-state index >= 15 is 0 Å². The van der Waals surface area contributed by atoms with Gasteiger partial charge in [0.1, 0.15) is 0 Å². The molecule has 5 atom stereocenters. The summed E-state index contributed by atoms with van der Waals surface area (Å²) in [4.78, 5) is 6.43. The van der Waals surface area contributed by atoms with Crippen molar-refractivity contribution < 1.29 is 9.47 Å². The quantitative estimate of drug-likeness (QED) is 0.686. The summed E-state index contributed by atoms with van der Waals surface area (Å²) in [5, 5.41) is 1.39. The van der Waals surface area contributed by atoms with Crippen molar-refractivity contribution in [3.05, 3.63) is 47.2 Å². The summed E-state index contributed by atoms with van der Waals surface area (Å²) in [7, 11) is 3.55. The number of hydrogen-bond acceptors (Lipinski definition) is 3. The van der Waals surface area contributed by atoms with E-state index in [9.17, 15) is 0 Å². The minimum Gasteiger partial charge on any atom is -0.357 e. The highest BCUT2D eigenvalue weighted by molar-refractivity contribution is 5.85. The van der Waals surface area contributed by atoms with E-state index in [1.807, 2.05) is 0 Å². The number of aromatic nitrogens is 1. The second kappa shape index (κ2) is 5.70. The van der Waals surface area contributed by atoms with Crippen LogP contribution in [0.1, 0.15) is 30.6 Å². The van der Waals surface area contributed by atoms with Gasteiger partial charge in [-0.25, -0.2) is 0 Å². The van der Waals surface area contributed by atoms with Crippen molar-refractivity contribution in [3.8, 4) is 0 Å². The molecule has 0 saturated carbocycles. The number of fused-ring (bicyclic) bond motifs is 4. The molecule has 5 unspecified atom stereocenters. The lowest BCUT2D eigenvalue weighted by Gasteiger charge is -2.59. The van der Waals surface area contributed by atoms with Gasteiger partial charge in [0.05, 0.1) is 6.04 Å². The van der Waals surface area contributed by atoms with Crippen LogP contribution in [0.2, 0.25) is 0 Å². The standard InChI is InChI=1S/C21H26N2O2/c1-4-12-11-23-17-10-15-13-7-5-6-8-16(13)22-20(15)18(23)9-14(12)19(17)21(24-2)25-3/h4-8,14,17-19,21-22H,9-11H2,1-3H3. The van der Waals surface area contributed by atoms with Crippen molar-refractivity contribution in [3.63, 3.8) is 0 Å². The first kappa shape index (κ1) is 15.6. The molecule has 0 amide bonds. The zero-order chi connectivity index (χ0) is 17.1. The summed E-state index contributed by atoms with van der Waals surface area (Å²) in [6, 6.07) is 9.72. The Labute approximate surface area is 148 Å². The number of nitrogens with zero attached hydrogens (tertiary/aromatic N) is 1. The fraction of sp³-hybridized carbons (Fsp3) is 0.524. The van der Waals surface area contributed by atoms with Crippen LogP contribution in [-0.2, 0) is 15.9 Å². The Hall–Kier alpha value is -1.62. The maximum atomic E-state index is 5.75. The maximum Gasteiger partial charge on any atom is 0.161 e. The summed E-state index contributed by atoms with van der Waals surface area (Å²) in [6.45, 7) is 3.26. The number of para-hydroxylation sites is 1. The van der Waals surface area contributed by atoms with Crippen molar-refractivity contribution in [2.45, 2.75) is 38.1 Å². The van der Waals surface area contributed by atoms with Crippen LogP contribution in [0.15, 0.2) is 35.9 Å². The van der Waals surface area contributed by atoms with Crippen LogP contribution in [0.3, 0.4) is 0 Å². The zero-order valence-electron chi connectivity index (χ0n) is 15.2. The van der Waals surface area contributed by atoms with Gasteiger partial charge in [-0.2, -0.15) is 0 Å². The van der Waals surface area contributed by atoms with Gasteiger partial charge in [0.25, 0.3) is 0 Å². The number of nitrogens with one attached hydrogen (secondary N) is 1. The lowest BCUT2D eigenvalue weighted by atomic mass is 9.63. The largest absolute Gasteiger partial charge is 0.357 e. The molecular formula is C21H26N2O2. The summed E-state index contributed by atoms with van der Waals surface area (Å²) >= 11 is 0. The minimum atomic E-state index is -0.138. The maximum absolute atomic E-state index is 5.75. The van der Waals surface area contributed by atoms with Gasteiger partial charge in [-0.3, -0.25) is 4.90 Å². The summed E-state index contributed by atoms with van der Waals surface area (Å²) in [6.07, 6.45) is 4.41. The van der Waals surface area contributed by atoms with Crippen molar-refractivity contribution >= 4 is 10.9 Å². The molecule has 1 aromatic carbocycles. The first-order valence-electron chi connectivity index (χ1n) is 9.32. The smallest absolute Gasteiger partial charge is 0.161 e. The molecule has 4 heteroatoms.